The lowest BCUT2D eigenvalue weighted by molar-refractivity contribution is -0.172. The Morgan fingerprint density at radius 3 is 2.70 bits per heavy atom. The number of halogens is 4. The molecule has 0 spiro atoms. The molecule has 154 valence electrons. The number of alkyl halides is 4. The third-order valence-electron chi connectivity index (χ3n) is 5.38. The Bertz CT molecular complexity index is 571. The van der Waals surface area contributed by atoms with E-state index in [0.29, 0.717) is 32.2 Å². The number of rotatable bonds is 10. The van der Waals surface area contributed by atoms with E-state index < -0.39 is 24.6 Å². The number of hydrogen-bond donors (Lipinski definition) is 1. The quantitative estimate of drug-likeness (QED) is 0.439. The summed E-state index contributed by atoms with van der Waals surface area (Å²) in [6, 6.07) is 0.0289. The highest BCUT2D eigenvalue weighted by Gasteiger charge is 2.40. The zero-order valence-electron chi connectivity index (χ0n) is 16.1. The summed E-state index contributed by atoms with van der Waals surface area (Å²) in [7, 11) is 0. The van der Waals surface area contributed by atoms with Gasteiger partial charge in [0.15, 0.2) is 0 Å². The monoisotopic (exact) mass is 390 g/mol. The van der Waals surface area contributed by atoms with Crippen molar-refractivity contribution in [3.8, 4) is 0 Å². The van der Waals surface area contributed by atoms with Gasteiger partial charge in [0, 0.05) is 37.7 Å². The van der Waals surface area contributed by atoms with Gasteiger partial charge in [0.2, 0.25) is 5.78 Å². The molecule has 27 heavy (non-hydrogen) atoms. The zero-order valence-corrected chi connectivity index (χ0v) is 16.1. The maximum Gasteiger partial charge on any atom is 0.449 e. The van der Waals surface area contributed by atoms with E-state index in [2.05, 4.69) is 10.2 Å². The van der Waals surface area contributed by atoms with Gasteiger partial charge in [-0.15, -0.1) is 0 Å². The van der Waals surface area contributed by atoms with Crippen molar-refractivity contribution in [3.63, 3.8) is 0 Å². The van der Waals surface area contributed by atoms with E-state index in [-0.39, 0.29) is 12.0 Å². The molecule has 0 fully saturated rings. The van der Waals surface area contributed by atoms with Crippen LogP contribution in [-0.2, 0) is 4.79 Å². The van der Waals surface area contributed by atoms with Gasteiger partial charge in [-0.05, 0) is 37.0 Å². The van der Waals surface area contributed by atoms with Crippen LogP contribution >= 0.6 is 0 Å². The topological polar surface area (TPSA) is 32.3 Å². The molecule has 2 unspecified atom stereocenters. The molecule has 1 heterocycles. The summed E-state index contributed by atoms with van der Waals surface area (Å²) in [5.74, 6) is -1.94. The average Bonchev–Trinajstić information content (AvgIpc) is 2.91. The summed E-state index contributed by atoms with van der Waals surface area (Å²) in [4.78, 5) is 13.7. The third kappa shape index (κ3) is 6.06. The highest BCUT2D eigenvalue weighted by atomic mass is 19.4. The van der Waals surface area contributed by atoms with Crippen molar-refractivity contribution in [2.24, 2.45) is 5.92 Å². The fraction of sp³-hybridized carbons (Fsp3) is 0.750. The maximum atomic E-state index is 13.9. The molecule has 7 heteroatoms. The molecule has 1 aliphatic carbocycles. The van der Waals surface area contributed by atoms with E-state index in [4.69, 9.17) is 0 Å². The fourth-order valence-electron chi connectivity index (χ4n) is 4.15. The summed E-state index contributed by atoms with van der Waals surface area (Å²) in [5.41, 5.74) is 2.06. The molecule has 2 rings (SSSR count). The van der Waals surface area contributed by atoms with Gasteiger partial charge < -0.3 is 10.2 Å². The number of carbonyl (C=O) groups excluding carboxylic acids is 1. The van der Waals surface area contributed by atoms with E-state index in [9.17, 15) is 22.4 Å². The van der Waals surface area contributed by atoms with E-state index >= 15 is 0 Å². The van der Waals surface area contributed by atoms with E-state index in [1.807, 2.05) is 19.9 Å². The van der Waals surface area contributed by atoms with Crippen molar-refractivity contribution in [2.45, 2.75) is 70.8 Å². The Balaban J connectivity index is 2.08. The number of hydrogen-bond acceptors (Lipinski definition) is 3. The largest absolute Gasteiger partial charge is 0.449 e. The molecular formula is C20H30F4N2O. The molecule has 0 bridgehead atoms. The number of allylic oxidation sites excluding steroid dienone is 3. The summed E-state index contributed by atoms with van der Waals surface area (Å²) >= 11 is 0. The molecule has 3 atom stereocenters. The third-order valence-corrected chi connectivity index (χ3v) is 5.38. The smallest absolute Gasteiger partial charge is 0.370 e. The van der Waals surface area contributed by atoms with Gasteiger partial charge in [-0.25, -0.2) is 4.39 Å². The van der Waals surface area contributed by atoms with E-state index in [0.717, 1.165) is 30.8 Å². The summed E-state index contributed by atoms with van der Waals surface area (Å²) in [6.07, 6.45) is 0.0292. The van der Waals surface area contributed by atoms with Crippen LogP contribution in [0.2, 0.25) is 0 Å². The molecule has 1 aliphatic heterocycles. The second-order valence-electron chi connectivity index (χ2n) is 7.47. The van der Waals surface area contributed by atoms with Crippen molar-refractivity contribution >= 4 is 5.78 Å². The molecule has 3 nitrogen and oxygen atoms in total. The first-order valence-electron chi connectivity index (χ1n) is 9.87. The van der Waals surface area contributed by atoms with Crippen LogP contribution in [0.15, 0.2) is 23.4 Å². The van der Waals surface area contributed by atoms with Crippen LogP contribution in [0.25, 0.3) is 0 Å². The molecule has 0 aromatic carbocycles. The van der Waals surface area contributed by atoms with Crippen LogP contribution in [0, 0.1) is 5.92 Å². The van der Waals surface area contributed by atoms with Crippen molar-refractivity contribution in [1.82, 2.24) is 10.2 Å². The highest BCUT2D eigenvalue weighted by molar-refractivity contribution is 5.84. The Kier molecular flexibility index (Phi) is 7.89. The number of ketones is 1. The Hall–Kier alpha value is -1.37. The van der Waals surface area contributed by atoms with Gasteiger partial charge in [-0.2, -0.15) is 13.2 Å². The number of nitrogens with zero attached hydrogens (tertiary/aromatic N) is 1. The summed E-state index contributed by atoms with van der Waals surface area (Å²) in [5, 5.41) is 3.25. The molecule has 0 saturated carbocycles. The second-order valence-corrected chi connectivity index (χ2v) is 7.47. The van der Waals surface area contributed by atoms with Crippen molar-refractivity contribution < 1.29 is 22.4 Å². The average molecular weight is 390 g/mol. The fourth-order valence-corrected chi connectivity index (χ4v) is 4.15. The van der Waals surface area contributed by atoms with Crippen LogP contribution in [0.4, 0.5) is 17.6 Å². The first-order valence-corrected chi connectivity index (χ1v) is 9.87. The molecule has 2 aliphatic rings. The minimum absolute atomic E-state index is 0.0289. The summed E-state index contributed by atoms with van der Waals surface area (Å²) in [6.45, 7) is 6.19. The lowest BCUT2D eigenvalue weighted by Crippen LogP contribution is -2.38. The predicted molar refractivity (Wildman–Crippen MR) is 98.0 cm³/mol. The normalized spacial score (nSPS) is 23.7. The van der Waals surface area contributed by atoms with Gasteiger partial charge in [0.05, 0.1) is 0 Å². The van der Waals surface area contributed by atoms with Gasteiger partial charge in [-0.1, -0.05) is 32.8 Å². The van der Waals surface area contributed by atoms with Crippen molar-refractivity contribution in [2.75, 3.05) is 19.6 Å². The van der Waals surface area contributed by atoms with Crippen LogP contribution in [0.3, 0.4) is 0 Å². The zero-order chi connectivity index (χ0) is 20.0. The van der Waals surface area contributed by atoms with Crippen molar-refractivity contribution in [3.05, 3.63) is 23.4 Å². The predicted octanol–water partition coefficient (Wildman–Crippen LogP) is 4.55. The van der Waals surface area contributed by atoms with Crippen molar-refractivity contribution in [1.29, 1.82) is 0 Å². The first-order chi connectivity index (χ1) is 12.8. The number of carbonyl (C=O) groups is 1. The van der Waals surface area contributed by atoms with E-state index in [1.54, 1.807) is 6.08 Å². The molecular weight excluding hydrogens is 360 g/mol. The Morgan fingerprint density at radius 2 is 2.07 bits per heavy atom. The van der Waals surface area contributed by atoms with E-state index in [1.165, 1.54) is 0 Å². The molecule has 0 amide bonds. The second kappa shape index (κ2) is 9.71. The van der Waals surface area contributed by atoms with Gasteiger partial charge in [0.1, 0.15) is 6.17 Å². The Morgan fingerprint density at radius 1 is 1.33 bits per heavy atom. The maximum absolute atomic E-state index is 13.9. The van der Waals surface area contributed by atoms with Crippen LogP contribution in [-0.4, -0.2) is 48.7 Å². The first kappa shape index (κ1) is 21.9. The molecule has 0 saturated heterocycles. The van der Waals surface area contributed by atoms with Gasteiger partial charge in [0.25, 0.3) is 0 Å². The van der Waals surface area contributed by atoms with Gasteiger partial charge in [-0.3, -0.25) is 4.79 Å². The molecule has 0 aromatic rings. The van der Waals surface area contributed by atoms with Crippen LogP contribution in [0.5, 0.6) is 0 Å². The number of likely N-dealkylation sites (N-methyl/N-ethyl adjacent to an activating group) is 1. The number of Topliss-reactive ketones (excluding diaryl/α,β-unsaturated/α-hetero) is 1. The van der Waals surface area contributed by atoms with Crippen LogP contribution < -0.4 is 5.32 Å². The lowest BCUT2D eigenvalue weighted by atomic mass is 9.88. The minimum Gasteiger partial charge on any atom is -0.370 e. The van der Waals surface area contributed by atoms with Gasteiger partial charge >= 0.3 is 6.18 Å². The highest BCUT2D eigenvalue weighted by Crippen LogP contribution is 2.39. The summed E-state index contributed by atoms with van der Waals surface area (Å²) < 4.78 is 52.0. The molecule has 0 radical (unpaired) electrons. The minimum atomic E-state index is -4.77. The SMILES string of the molecule is CCC[C@H](CC(=O)C(F)(F)F)CC1CC2=C(CC(F)C=C2)N1CCNCC. The molecule has 0 aromatic heterocycles. The Labute approximate surface area is 158 Å². The van der Waals surface area contributed by atoms with Crippen LogP contribution in [0.1, 0.15) is 52.4 Å². The lowest BCUT2D eigenvalue weighted by Gasteiger charge is -2.33. The molecule has 1 N–H and O–H groups in total. The number of nitrogens with one attached hydrogen (secondary N) is 1. The standard InChI is InChI=1S/C20H30F4N2O/c1-3-5-14(11-19(27)20(22,23)24)10-17-12-15-6-7-16(21)13-18(15)26(17)9-8-25-4-2/h6-7,14,16-17,25H,3-5,8-13H2,1-2H3/t14-,16?,17?/m0/s1.